The smallest absolute Gasteiger partial charge is 0.256 e. The van der Waals surface area contributed by atoms with Crippen molar-refractivity contribution in [2.45, 2.75) is 25.8 Å². The number of thiocarbonyl (C=S) groups is 1. The van der Waals surface area contributed by atoms with Crippen molar-refractivity contribution in [1.82, 2.24) is 9.80 Å². The SMILES string of the molecule is CCOc1ccc(NC(=O)C[C@H]2C(=O)N(c3ccc(OC)c(Cl)c3)C(=S)N2CCCN2CCN(c3ccc(F)cc3)CC2)cc1. The lowest BCUT2D eigenvalue weighted by molar-refractivity contribution is -0.124. The minimum Gasteiger partial charge on any atom is -0.495 e. The van der Waals surface area contributed by atoms with Crippen LogP contribution in [0.3, 0.4) is 0 Å². The van der Waals surface area contributed by atoms with Crippen molar-refractivity contribution in [2.24, 2.45) is 0 Å². The Kier molecular flexibility index (Phi) is 10.7. The number of halogens is 2. The summed E-state index contributed by atoms with van der Waals surface area (Å²) in [5, 5.41) is 3.58. The third-order valence-electron chi connectivity index (χ3n) is 7.98. The summed E-state index contributed by atoms with van der Waals surface area (Å²) in [7, 11) is 1.52. The van der Waals surface area contributed by atoms with Gasteiger partial charge < -0.3 is 24.6 Å². The van der Waals surface area contributed by atoms with Crippen molar-refractivity contribution in [3.8, 4) is 11.5 Å². The van der Waals surface area contributed by atoms with E-state index in [1.165, 1.54) is 24.1 Å². The van der Waals surface area contributed by atoms with Gasteiger partial charge in [-0.25, -0.2) is 4.39 Å². The van der Waals surface area contributed by atoms with Crippen LogP contribution in [0.4, 0.5) is 21.5 Å². The lowest BCUT2D eigenvalue weighted by atomic mass is 10.1. The molecule has 5 rings (SSSR count). The molecule has 12 heteroatoms. The van der Waals surface area contributed by atoms with Crippen LogP contribution in [0.2, 0.25) is 5.02 Å². The molecule has 0 saturated carbocycles. The van der Waals surface area contributed by atoms with Crippen molar-refractivity contribution < 1.29 is 23.5 Å². The van der Waals surface area contributed by atoms with Gasteiger partial charge in [0.25, 0.3) is 5.91 Å². The van der Waals surface area contributed by atoms with Crippen molar-refractivity contribution in [3.63, 3.8) is 0 Å². The number of anilines is 3. The van der Waals surface area contributed by atoms with Crippen LogP contribution in [0.1, 0.15) is 19.8 Å². The van der Waals surface area contributed by atoms with E-state index in [1.807, 2.05) is 24.0 Å². The van der Waals surface area contributed by atoms with Gasteiger partial charge in [-0.1, -0.05) is 11.6 Å². The van der Waals surface area contributed by atoms with Crippen LogP contribution >= 0.6 is 23.8 Å². The van der Waals surface area contributed by atoms with Crippen LogP contribution in [0.25, 0.3) is 0 Å². The monoisotopic (exact) mass is 653 g/mol. The van der Waals surface area contributed by atoms with Gasteiger partial charge in [-0.15, -0.1) is 0 Å². The number of benzene rings is 3. The number of hydrogen-bond acceptors (Lipinski definition) is 7. The normalized spacial score (nSPS) is 17.2. The highest BCUT2D eigenvalue weighted by molar-refractivity contribution is 7.80. The van der Waals surface area contributed by atoms with Crippen molar-refractivity contribution in [2.75, 3.05) is 68.1 Å². The standard InChI is InChI=1S/C33H37ClFN5O4S/c1-3-44-27-12-7-24(8-13-27)36-31(41)22-29-32(42)40(26-11-14-30(43-2)28(34)21-26)33(45)39(29)16-4-15-37-17-19-38(20-18-37)25-9-5-23(35)6-10-25/h5-14,21,29H,3-4,15-20,22H2,1-2H3,(H,36,41)/t29-/m0/s1. The average Bonchev–Trinajstić information content (AvgIpc) is 3.26. The Morgan fingerprint density at radius 1 is 1.00 bits per heavy atom. The Morgan fingerprint density at radius 2 is 1.69 bits per heavy atom. The number of methoxy groups -OCH3 is 1. The molecule has 3 aromatic rings. The Labute approximate surface area is 273 Å². The lowest BCUT2D eigenvalue weighted by Gasteiger charge is -2.36. The first-order valence-electron chi connectivity index (χ1n) is 15.0. The molecule has 45 heavy (non-hydrogen) atoms. The number of rotatable bonds is 12. The number of carbonyl (C=O) groups is 2. The van der Waals surface area contributed by atoms with Gasteiger partial charge in [0.15, 0.2) is 5.11 Å². The fraction of sp³-hybridized carbons (Fsp3) is 0.364. The topological polar surface area (TPSA) is 77.6 Å². The summed E-state index contributed by atoms with van der Waals surface area (Å²) in [4.78, 5) is 35.0. The van der Waals surface area contributed by atoms with E-state index in [9.17, 15) is 14.0 Å². The number of ether oxygens (including phenoxy) is 2. The van der Waals surface area contributed by atoms with Gasteiger partial charge in [0, 0.05) is 44.1 Å². The molecule has 0 bridgehead atoms. The maximum atomic E-state index is 13.8. The van der Waals surface area contributed by atoms with E-state index in [1.54, 1.807) is 42.5 Å². The molecule has 0 spiro atoms. The summed E-state index contributed by atoms with van der Waals surface area (Å²) >= 11 is 12.2. The molecule has 1 N–H and O–H groups in total. The molecule has 9 nitrogen and oxygen atoms in total. The highest BCUT2D eigenvalue weighted by Gasteiger charge is 2.44. The van der Waals surface area contributed by atoms with Crippen LogP contribution in [0.5, 0.6) is 11.5 Å². The zero-order valence-electron chi connectivity index (χ0n) is 25.4. The highest BCUT2D eigenvalue weighted by atomic mass is 35.5. The first kappa shape index (κ1) is 32.5. The predicted octanol–water partition coefficient (Wildman–Crippen LogP) is 5.43. The Morgan fingerprint density at radius 3 is 2.33 bits per heavy atom. The molecule has 2 saturated heterocycles. The molecule has 2 heterocycles. The molecule has 2 aliphatic heterocycles. The third-order valence-corrected chi connectivity index (χ3v) is 8.69. The van der Waals surface area contributed by atoms with E-state index in [2.05, 4.69) is 15.1 Å². The van der Waals surface area contributed by atoms with Crippen LogP contribution in [-0.2, 0) is 9.59 Å². The van der Waals surface area contributed by atoms with Crippen molar-refractivity contribution in [3.05, 3.63) is 77.6 Å². The molecule has 0 radical (unpaired) electrons. The lowest BCUT2D eigenvalue weighted by Crippen LogP contribution is -2.47. The van der Waals surface area contributed by atoms with Gasteiger partial charge in [-0.3, -0.25) is 19.4 Å². The molecular formula is C33H37ClFN5O4S. The summed E-state index contributed by atoms with van der Waals surface area (Å²) in [5.74, 6) is 0.383. The molecule has 1 atom stereocenters. The Bertz CT molecular complexity index is 1500. The first-order chi connectivity index (χ1) is 21.8. The summed E-state index contributed by atoms with van der Waals surface area (Å²) in [6.07, 6.45) is 0.682. The molecule has 2 amide bonds. The molecule has 3 aromatic carbocycles. The van der Waals surface area contributed by atoms with Crippen molar-refractivity contribution >= 4 is 57.8 Å². The number of amides is 2. The van der Waals surface area contributed by atoms with Crippen LogP contribution in [-0.4, -0.2) is 85.8 Å². The van der Waals surface area contributed by atoms with Crippen LogP contribution in [0, 0.1) is 5.82 Å². The first-order valence-corrected chi connectivity index (χ1v) is 15.8. The third kappa shape index (κ3) is 7.84. The maximum Gasteiger partial charge on any atom is 0.256 e. The Balaban J connectivity index is 1.24. The fourth-order valence-corrected chi connectivity index (χ4v) is 6.32. The van der Waals surface area contributed by atoms with Gasteiger partial charge in [0.2, 0.25) is 5.91 Å². The number of piperazine rings is 1. The zero-order valence-corrected chi connectivity index (χ0v) is 27.0. The average molecular weight is 654 g/mol. The highest BCUT2D eigenvalue weighted by Crippen LogP contribution is 2.33. The van der Waals surface area contributed by atoms with E-state index in [4.69, 9.17) is 33.3 Å². The molecule has 2 aliphatic rings. The van der Waals surface area contributed by atoms with E-state index in [-0.39, 0.29) is 24.1 Å². The maximum absolute atomic E-state index is 13.8. The van der Waals surface area contributed by atoms with E-state index < -0.39 is 6.04 Å². The number of nitrogens with one attached hydrogen (secondary N) is 1. The zero-order chi connectivity index (χ0) is 31.9. The molecule has 0 aromatic heterocycles. The summed E-state index contributed by atoms with van der Waals surface area (Å²) in [6, 6.07) is 18.0. The minimum absolute atomic E-state index is 0.0666. The summed E-state index contributed by atoms with van der Waals surface area (Å²) < 4.78 is 24.1. The predicted molar refractivity (Wildman–Crippen MR) is 179 cm³/mol. The Hall–Kier alpha value is -3.93. The second-order valence-corrected chi connectivity index (χ2v) is 11.6. The molecule has 238 valence electrons. The molecule has 0 aliphatic carbocycles. The molecule has 0 unspecified atom stereocenters. The minimum atomic E-state index is -0.767. The largest absolute Gasteiger partial charge is 0.495 e. The second kappa shape index (κ2) is 14.9. The van der Waals surface area contributed by atoms with Crippen LogP contribution < -0.4 is 24.6 Å². The van der Waals surface area contributed by atoms with Crippen LogP contribution in [0.15, 0.2) is 66.7 Å². The number of carbonyl (C=O) groups excluding carboxylic acids is 2. The quantitative estimate of drug-likeness (QED) is 0.260. The summed E-state index contributed by atoms with van der Waals surface area (Å²) in [5.41, 5.74) is 2.15. The van der Waals surface area contributed by atoms with Gasteiger partial charge in [0.05, 0.1) is 30.8 Å². The van der Waals surface area contributed by atoms with Gasteiger partial charge >= 0.3 is 0 Å². The summed E-state index contributed by atoms with van der Waals surface area (Å²) in [6.45, 7) is 7.18. The van der Waals surface area contributed by atoms with E-state index >= 15 is 0 Å². The van der Waals surface area contributed by atoms with Crippen molar-refractivity contribution in [1.29, 1.82) is 0 Å². The van der Waals surface area contributed by atoms with Gasteiger partial charge in [0.1, 0.15) is 23.4 Å². The molecular weight excluding hydrogens is 617 g/mol. The van der Waals surface area contributed by atoms with E-state index in [0.29, 0.717) is 46.2 Å². The second-order valence-electron chi connectivity index (χ2n) is 10.9. The molecule has 2 fully saturated rings. The van der Waals surface area contributed by atoms with Gasteiger partial charge in [-0.2, -0.15) is 0 Å². The van der Waals surface area contributed by atoms with Gasteiger partial charge in [-0.05, 0) is 98.8 Å². The fourth-order valence-electron chi connectivity index (χ4n) is 5.65. The number of hydrogen-bond donors (Lipinski definition) is 1. The number of nitrogens with zero attached hydrogens (tertiary/aromatic N) is 4. The van der Waals surface area contributed by atoms with E-state index in [0.717, 1.165) is 44.8 Å².